The van der Waals surface area contributed by atoms with Crippen molar-refractivity contribution < 1.29 is 19.4 Å². The molecule has 0 aliphatic carbocycles. The van der Waals surface area contributed by atoms with Crippen LogP contribution in [0.25, 0.3) is 0 Å². The maximum Gasteiger partial charge on any atom is 0.308 e. The van der Waals surface area contributed by atoms with E-state index < -0.39 is 6.10 Å². The van der Waals surface area contributed by atoms with Gasteiger partial charge in [0.15, 0.2) is 0 Å². The van der Waals surface area contributed by atoms with Gasteiger partial charge in [0.25, 0.3) is 0 Å². The minimum Gasteiger partial charge on any atom is -0.469 e. The van der Waals surface area contributed by atoms with Crippen molar-refractivity contribution in [1.82, 2.24) is 0 Å². The number of hydrogen-bond donors (Lipinski definition) is 1. The minimum absolute atomic E-state index is 0.0739. The Kier molecular flexibility index (Phi) is 4.18. The van der Waals surface area contributed by atoms with Crippen molar-refractivity contribution in [1.29, 1.82) is 0 Å². The average molecular weight is 188 g/mol. The SMILES string of the molecule is COC(=O)CC(O)C1CCCOC1. The first-order chi connectivity index (χ1) is 6.24. The molecular formula is C9H16O4. The van der Waals surface area contributed by atoms with Gasteiger partial charge in [0.2, 0.25) is 0 Å². The summed E-state index contributed by atoms with van der Waals surface area (Å²) < 4.78 is 9.68. The zero-order valence-corrected chi connectivity index (χ0v) is 7.86. The summed E-state index contributed by atoms with van der Waals surface area (Å²) in [7, 11) is 1.33. The van der Waals surface area contributed by atoms with E-state index in [4.69, 9.17) is 4.74 Å². The third-order valence-electron chi connectivity index (χ3n) is 2.34. The smallest absolute Gasteiger partial charge is 0.308 e. The molecule has 76 valence electrons. The number of carbonyl (C=O) groups is 1. The Bertz CT molecular complexity index is 163. The van der Waals surface area contributed by atoms with Gasteiger partial charge in [-0.1, -0.05) is 0 Å². The highest BCUT2D eigenvalue weighted by atomic mass is 16.5. The summed E-state index contributed by atoms with van der Waals surface area (Å²) in [5, 5.41) is 9.59. The van der Waals surface area contributed by atoms with Crippen LogP contribution in [0.2, 0.25) is 0 Å². The molecule has 2 unspecified atom stereocenters. The largest absolute Gasteiger partial charge is 0.469 e. The van der Waals surface area contributed by atoms with Crippen LogP contribution in [0.4, 0.5) is 0 Å². The van der Waals surface area contributed by atoms with Gasteiger partial charge in [-0.15, -0.1) is 0 Å². The number of aliphatic hydroxyl groups is 1. The second-order valence-electron chi connectivity index (χ2n) is 3.32. The number of ether oxygens (including phenoxy) is 2. The fourth-order valence-corrected chi connectivity index (χ4v) is 1.49. The number of esters is 1. The molecule has 1 aliphatic heterocycles. The van der Waals surface area contributed by atoms with Crippen molar-refractivity contribution in [2.24, 2.45) is 5.92 Å². The Morgan fingerprint density at radius 3 is 3.08 bits per heavy atom. The standard InChI is InChI=1S/C9H16O4/c1-12-9(11)5-8(10)7-3-2-4-13-6-7/h7-8,10H,2-6H2,1H3. The summed E-state index contributed by atoms with van der Waals surface area (Å²) in [6.45, 7) is 1.32. The first-order valence-corrected chi connectivity index (χ1v) is 4.56. The number of methoxy groups -OCH3 is 1. The molecule has 1 fully saturated rings. The molecule has 4 heteroatoms. The molecule has 1 rings (SSSR count). The summed E-state index contributed by atoms with van der Waals surface area (Å²) in [5.41, 5.74) is 0. The molecule has 0 aromatic rings. The second-order valence-corrected chi connectivity index (χ2v) is 3.32. The van der Waals surface area contributed by atoms with Crippen molar-refractivity contribution >= 4 is 5.97 Å². The Hall–Kier alpha value is -0.610. The molecule has 1 heterocycles. The maximum atomic E-state index is 10.8. The van der Waals surface area contributed by atoms with Crippen LogP contribution in [-0.2, 0) is 14.3 Å². The van der Waals surface area contributed by atoms with E-state index in [-0.39, 0.29) is 18.3 Å². The van der Waals surface area contributed by atoms with E-state index in [0.717, 1.165) is 19.4 Å². The molecule has 0 aromatic heterocycles. The molecule has 13 heavy (non-hydrogen) atoms. The van der Waals surface area contributed by atoms with Crippen LogP contribution in [0.1, 0.15) is 19.3 Å². The monoisotopic (exact) mass is 188 g/mol. The summed E-state index contributed by atoms with van der Waals surface area (Å²) >= 11 is 0. The van der Waals surface area contributed by atoms with E-state index in [1.54, 1.807) is 0 Å². The predicted molar refractivity (Wildman–Crippen MR) is 46.2 cm³/mol. The molecule has 4 nitrogen and oxygen atoms in total. The van der Waals surface area contributed by atoms with Gasteiger partial charge in [-0.25, -0.2) is 0 Å². The highest BCUT2D eigenvalue weighted by Crippen LogP contribution is 2.19. The highest BCUT2D eigenvalue weighted by Gasteiger charge is 2.24. The van der Waals surface area contributed by atoms with E-state index >= 15 is 0 Å². The van der Waals surface area contributed by atoms with Crippen LogP contribution in [-0.4, -0.2) is 37.5 Å². The zero-order valence-electron chi connectivity index (χ0n) is 7.86. The number of rotatable bonds is 3. The van der Waals surface area contributed by atoms with Gasteiger partial charge in [-0.2, -0.15) is 0 Å². The zero-order chi connectivity index (χ0) is 9.68. The van der Waals surface area contributed by atoms with Crippen molar-refractivity contribution in [2.45, 2.75) is 25.4 Å². The van der Waals surface area contributed by atoms with Crippen molar-refractivity contribution in [3.05, 3.63) is 0 Å². The lowest BCUT2D eigenvalue weighted by atomic mass is 9.94. The van der Waals surface area contributed by atoms with E-state index in [1.807, 2.05) is 0 Å². The lowest BCUT2D eigenvalue weighted by Crippen LogP contribution is -2.31. The molecule has 1 saturated heterocycles. The average Bonchev–Trinajstić information content (AvgIpc) is 2.19. The van der Waals surface area contributed by atoms with Gasteiger partial charge >= 0.3 is 5.97 Å². The molecule has 0 amide bonds. The molecule has 0 radical (unpaired) electrons. The molecule has 0 aromatic carbocycles. The van der Waals surface area contributed by atoms with Crippen LogP contribution in [0.15, 0.2) is 0 Å². The molecule has 2 atom stereocenters. The van der Waals surface area contributed by atoms with Gasteiger partial charge in [0, 0.05) is 12.5 Å². The predicted octanol–water partition coefficient (Wildman–Crippen LogP) is 0.337. The lowest BCUT2D eigenvalue weighted by molar-refractivity contribution is -0.144. The van der Waals surface area contributed by atoms with Gasteiger partial charge in [0.1, 0.15) is 0 Å². The molecule has 0 bridgehead atoms. The number of aliphatic hydroxyl groups excluding tert-OH is 1. The Balaban J connectivity index is 2.28. The molecule has 1 aliphatic rings. The van der Waals surface area contributed by atoms with Crippen LogP contribution in [0.3, 0.4) is 0 Å². The van der Waals surface area contributed by atoms with E-state index in [2.05, 4.69) is 4.74 Å². The molecule has 0 saturated carbocycles. The van der Waals surface area contributed by atoms with Gasteiger partial charge in [-0.05, 0) is 12.8 Å². The van der Waals surface area contributed by atoms with Gasteiger partial charge < -0.3 is 14.6 Å². The third-order valence-corrected chi connectivity index (χ3v) is 2.34. The molecular weight excluding hydrogens is 172 g/mol. The summed E-state index contributed by atoms with van der Waals surface area (Å²) in [6, 6.07) is 0. The summed E-state index contributed by atoms with van der Waals surface area (Å²) in [4.78, 5) is 10.8. The maximum absolute atomic E-state index is 10.8. The van der Waals surface area contributed by atoms with E-state index in [1.165, 1.54) is 7.11 Å². The Morgan fingerprint density at radius 2 is 2.54 bits per heavy atom. The Morgan fingerprint density at radius 1 is 1.77 bits per heavy atom. The van der Waals surface area contributed by atoms with Crippen LogP contribution >= 0.6 is 0 Å². The van der Waals surface area contributed by atoms with E-state index in [9.17, 15) is 9.90 Å². The summed E-state index contributed by atoms with van der Waals surface area (Å²) in [5.74, 6) is -0.272. The first kappa shape index (κ1) is 10.5. The van der Waals surface area contributed by atoms with Crippen LogP contribution in [0, 0.1) is 5.92 Å². The van der Waals surface area contributed by atoms with Crippen LogP contribution < -0.4 is 0 Å². The number of hydrogen-bond acceptors (Lipinski definition) is 4. The highest BCUT2D eigenvalue weighted by molar-refractivity contribution is 5.69. The topological polar surface area (TPSA) is 55.8 Å². The fraction of sp³-hybridized carbons (Fsp3) is 0.889. The van der Waals surface area contributed by atoms with Gasteiger partial charge in [0.05, 0.1) is 26.2 Å². The quantitative estimate of drug-likeness (QED) is 0.649. The molecule has 0 spiro atoms. The third kappa shape index (κ3) is 3.32. The van der Waals surface area contributed by atoms with Crippen molar-refractivity contribution in [3.63, 3.8) is 0 Å². The Labute approximate surface area is 77.8 Å². The first-order valence-electron chi connectivity index (χ1n) is 4.56. The normalized spacial score (nSPS) is 25.2. The second kappa shape index (κ2) is 5.19. The number of carbonyl (C=O) groups excluding carboxylic acids is 1. The van der Waals surface area contributed by atoms with Crippen LogP contribution in [0.5, 0.6) is 0 Å². The van der Waals surface area contributed by atoms with E-state index in [0.29, 0.717) is 6.61 Å². The van der Waals surface area contributed by atoms with Crippen molar-refractivity contribution in [3.8, 4) is 0 Å². The lowest BCUT2D eigenvalue weighted by Gasteiger charge is -2.25. The minimum atomic E-state index is -0.618. The van der Waals surface area contributed by atoms with Gasteiger partial charge in [-0.3, -0.25) is 4.79 Å². The fourth-order valence-electron chi connectivity index (χ4n) is 1.49. The van der Waals surface area contributed by atoms with Crippen molar-refractivity contribution in [2.75, 3.05) is 20.3 Å². The summed E-state index contributed by atoms with van der Waals surface area (Å²) in [6.07, 6.45) is 1.35. The molecule has 1 N–H and O–H groups in total.